The highest BCUT2D eigenvalue weighted by atomic mass is 32.1. The molecule has 3 aromatic rings. The number of anilines is 1. The maximum Gasteiger partial charge on any atom is 0.267 e. The van der Waals surface area contributed by atoms with Crippen molar-refractivity contribution in [1.29, 1.82) is 0 Å². The lowest BCUT2D eigenvalue weighted by molar-refractivity contribution is 0.102. The average Bonchev–Trinajstić information content (AvgIpc) is 2.91. The van der Waals surface area contributed by atoms with Gasteiger partial charge in [0.05, 0.1) is 11.3 Å². The van der Waals surface area contributed by atoms with Gasteiger partial charge in [0.15, 0.2) is 0 Å². The van der Waals surface area contributed by atoms with Gasteiger partial charge in [-0.05, 0) is 49.7 Å². The molecule has 4 nitrogen and oxygen atoms in total. The van der Waals surface area contributed by atoms with Gasteiger partial charge < -0.3 is 10.4 Å². The Labute approximate surface area is 146 Å². The van der Waals surface area contributed by atoms with Gasteiger partial charge in [-0.2, -0.15) is 0 Å². The molecule has 25 heavy (non-hydrogen) atoms. The maximum absolute atomic E-state index is 13.9. The van der Waals surface area contributed by atoms with Crippen LogP contribution in [0.1, 0.15) is 20.9 Å². The Kier molecular flexibility index (Phi) is 4.50. The van der Waals surface area contributed by atoms with Crippen molar-refractivity contribution in [2.75, 3.05) is 5.32 Å². The fourth-order valence-corrected chi connectivity index (χ4v) is 3.39. The van der Waals surface area contributed by atoms with Crippen molar-refractivity contribution in [3.8, 4) is 16.3 Å². The zero-order valence-corrected chi connectivity index (χ0v) is 14.2. The number of aromatic nitrogens is 1. The third kappa shape index (κ3) is 3.36. The van der Waals surface area contributed by atoms with Gasteiger partial charge in [0, 0.05) is 5.69 Å². The fraction of sp³-hybridized carbons (Fsp3) is 0.111. The molecule has 2 aromatic carbocycles. The number of benzene rings is 2. The van der Waals surface area contributed by atoms with Crippen molar-refractivity contribution in [1.82, 2.24) is 4.98 Å². The highest BCUT2D eigenvalue weighted by molar-refractivity contribution is 7.17. The van der Waals surface area contributed by atoms with Crippen LogP contribution in [-0.2, 0) is 0 Å². The van der Waals surface area contributed by atoms with Crippen LogP contribution in [0.3, 0.4) is 0 Å². The van der Waals surface area contributed by atoms with E-state index in [2.05, 4.69) is 10.3 Å². The number of nitrogens with zero attached hydrogens (tertiary/aromatic N) is 1. The second-order valence-corrected chi connectivity index (χ2v) is 6.48. The summed E-state index contributed by atoms with van der Waals surface area (Å²) >= 11 is 0.925. The molecule has 0 atom stereocenters. The van der Waals surface area contributed by atoms with E-state index in [1.165, 1.54) is 18.2 Å². The normalized spacial score (nSPS) is 10.7. The number of carbonyl (C=O) groups excluding carboxylic acids is 1. The Bertz CT molecular complexity index is 949. The maximum atomic E-state index is 13.9. The zero-order chi connectivity index (χ0) is 18.1. The summed E-state index contributed by atoms with van der Waals surface area (Å²) < 4.78 is 27.8. The first-order valence-corrected chi connectivity index (χ1v) is 8.21. The third-order valence-corrected chi connectivity index (χ3v) is 4.81. The monoisotopic (exact) mass is 360 g/mol. The molecule has 0 unspecified atom stereocenters. The summed E-state index contributed by atoms with van der Waals surface area (Å²) in [5.74, 6) is -1.78. The number of rotatable bonds is 3. The molecule has 0 saturated carbocycles. The summed E-state index contributed by atoms with van der Waals surface area (Å²) in [6.07, 6.45) is 0. The minimum Gasteiger partial charge on any atom is -0.508 e. The molecular formula is C18H14F2N2O2S. The Morgan fingerprint density at radius 2 is 1.84 bits per heavy atom. The van der Waals surface area contributed by atoms with Crippen LogP contribution in [0.5, 0.6) is 5.75 Å². The first-order valence-electron chi connectivity index (χ1n) is 7.39. The van der Waals surface area contributed by atoms with E-state index in [0.717, 1.165) is 23.5 Å². The van der Waals surface area contributed by atoms with Crippen LogP contribution in [0.2, 0.25) is 0 Å². The van der Waals surface area contributed by atoms with E-state index in [-0.39, 0.29) is 21.2 Å². The van der Waals surface area contributed by atoms with Crippen molar-refractivity contribution in [2.45, 2.75) is 13.8 Å². The molecule has 1 heterocycles. The van der Waals surface area contributed by atoms with Gasteiger partial charge >= 0.3 is 0 Å². The number of phenols is 1. The molecule has 0 spiro atoms. The van der Waals surface area contributed by atoms with Gasteiger partial charge in [-0.1, -0.05) is 6.07 Å². The lowest BCUT2D eigenvalue weighted by Crippen LogP contribution is -2.12. The van der Waals surface area contributed by atoms with E-state index in [1.54, 1.807) is 19.9 Å². The summed E-state index contributed by atoms with van der Waals surface area (Å²) in [5.41, 5.74) is 1.37. The molecule has 0 saturated heterocycles. The van der Waals surface area contributed by atoms with Crippen LogP contribution >= 0.6 is 11.3 Å². The van der Waals surface area contributed by atoms with Crippen molar-refractivity contribution in [3.05, 3.63) is 64.2 Å². The van der Waals surface area contributed by atoms with Crippen molar-refractivity contribution in [3.63, 3.8) is 0 Å². The van der Waals surface area contributed by atoms with Crippen LogP contribution in [-0.4, -0.2) is 16.0 Å². The number of hydrogen-bond acceptors (Lipinski definition) is 4. The molecule has 2 N–H and O–H groups in total. The summed E-state index contributed by atoms with van der Waals surface area (Å²) in [5, 5.41) is 12.3. The number of amides is 1. The number of nitrogens with one attached hydrogen (secondary N) is 1. The third-order valence-electron chi connectivity index (χ3n) is 3.64. The smallest absolute Gasteiger partial charge is 0.267 e. The van der Waals surface area contributed by atoms with Crippen LogP contribution in [0, 0.1) is 25.5 Å². The standard InChI is InChI=1S/C18H14F2N2O2S/c1-9-8-11(23)6-7-14(9)22-17(24)16-10(2)21-18(25-16)15-12(19)4-3-5-13(15)20/h3-8,23H,1-2H3,(H,22,24). The molecule has 7 heteroatoms. The topological polar surface area (TPSA) is 62.2 Å². The van der Waals surface area contributed by atoms with E-state index >= 15 is 0 Å². The molecule has 1 aromatic heterocycles. The molecule has 0 bridgehead atoms. The number of halogens is 2. The van der Waals surface area contributed by atoms with E-state index in [0.29, 0.717) is 16.9 Å². The second-order valence-electron chi connectivity index (χ2n) is 5.48. The van der Waals surface area contributed by atoms with Gasteiger partial charge in [-0.15, -0.1) is 11.3 Å². The largest absolute Gasteiger partial charge is 0.508 e. The molecule has 1 amide bonds. The highest BCUT2D eigenvalue weighted by Crippen LogP contribution is 2.32. The Hall–Kier alpha value is -2.80. The summed E-state index contributed by atoms with van der Waals surface area (Å²) in [7, 11) is 0. The predicted octanol–water partition coefficient (Wildman–Crippen LogP) is 4.66. The van der Waals surface area contributed by atoms with Crippen molar-refractivity contribution in [2.24, 2.45) is 0 Å². The van der Waals surface area contributed by atoms with Crippen LogP contribution in [0.4, 0.5) is 14.5 Å². The van der Waals surface area contributed by atoms with Crippen molar-refractivity contribution >= 4 is 22.9 Å². The minimum atomic E-state index is -0.727. The number of hydrogen-bond donors (Lipinski definition) is 2. The first kappa shape index (κ1) is 17.0. The minimum absolute atomic E-state index is 0.0989. The number of aryl methyl sites for hydroxylation is 2. The summed E-state index contributed by atoms with van der Waals surface area (Å²) in [6, 6.07) is 8.13. The van der Waals surface area contributed by atoms with Gasteiger partial charge in [0.2, 0.25) is 0 Å². The second kappa shape index (κ2) is 6.60. The predicted molar refractivity (Wildman–Crippen MR) is 93.0 cm³/mol. The van der Waals surface area contributed by atoms with Gasteiger partial charge in [0.25, 0.3) is 5.91 Å². The van der Waals surface area contributed by atoms with E-state index in [1.807, 2.05) is 0 Å². The molecule has 128 valence electrons. The Morgan fingerprint density at radius 1 is 1.16 bits per heavy atom. The number of carbonyl (C=O) groups is 1. The molecule has 0 aliphatic heterocycles. The first-order chi connectivity index (χ1) is 11.9. The molecule has 0 radical (unpaired) electrons. The lowest BCUT2D eigenvalue weighted by Gasteiger charge is -2.07. The van der Waals surface area contributed by atoms with Crippen LogP contribution in [0.15, 0.2) is 36.4 Å². The number of aromatic hydroxyl groups is 1. The summed E-state index contributed by atoms with van der Waals surface area (Å²) in [4.78, 5) is 16.9. The molecule has 0 aliphatic carbocycles. The Morgan fingerprint density at radius 3 is 2.48 bits per heavy atom. The number of phenolic OH excluding ortho intramolecular Hbond substituents is 1. The van der Waals surface area contributed by atoms with E-state index < -0.39 is 17.5 Å². The fourth-order valence-electron chi connectivity index (χ4n) is 2.38. The molecule has 0 aliphatic rings. The van der Waals surface area contributed by atoms with Crippen molar-refractivity contribution < 1.29 is 18.7 Å². The molecule has 3 rings (SSSR count). The number of thiazole rings is 1. The van der Waals surface area contributed by atoms with E-state index in [4.69, 9.17) is 0 Å². The van der Waals surface area contributed by atoms with Crippen LogP contribution < -0.4 is 5.32 Å². The Balaban J connectivity index is 1.93. The quantitative estimate of drug-likeness (QED) is 0.668. The summed E-state index contributed by atoms with van der Waals surface area (Å²) in [6.45, 7) is 3.35. The van der Waals surface area contributed by atoms with Gasteiger partial charge in [-0.3, -0.25) is 4.79 Å². The zero-order valence-electron chi connectivity index (χ0n) is 13.4. The van der Waals surface area contributed by atoms with E-state index in [9.17, 15) is 18.7 Å². The molecule has 0 fully saturated rings. The van der Waals surface area contributed by atoms with Gasteiger partial charge in [-0.25, -0.2) is 13.8 Å². The SMILES string of the molecule is Cc1cc(O)ccc1NC(=O)c1sc(-c2c(F)cccc2F)nc1C. The molecular weight excluding hydrogens is 346 g/mol. The van der Waals surface area contributed by atoms with Crippen LogP contribution in [0.25, 0.3) is 10.6 Å². The lowest BCUT2D eigenvalue weighted by atomic mass is 10.2. The highest BCUT2D eigenvalue weighted by Gasteiger charge is 2.21. The average molecular weight is 360 g/mol. The van der Waals surface area contributed by atoms with Gasteiger partial charge in [0.1, 0.15) is 27.3 Å².